The lowest BCUT2D eigenvalue weighted by Crippen LogP contribution is -2.49. The van der Waals surface area contributed by atoms with Gasteiger partial charge in [-0.3, -0.25) is 4.79 Å². The fraction of sp³-hybridized carbons (Fsp3) is 0.579. The Morgan fingerprint density at radius 1 is 1.17 bits per heavy atom. The standard InChI is InChI=1S/C19H25NO3S/c21-17(9-8-15-6-2-3-7-16(15)18(22)23)20-12-13-24-19(14-20)10-4-1-5-11-19/h2-3,6-7H,1,4-5,8-14H2,(H,22,23). The largest absolute Gasteiger partial charge is 0.478 e. The Morgan fingerprint density at radius 2 is 1.92 bits per heavy atom. The van der Waals surface area contributed by atoms with Crippen molar-refractivity contribution in [1.29, 1.82) is 0 Å². The molecular weight excluding hydrogens is 322 g/mol. The summed E-state index contributed by atoms with van der Waals surface area (Å²) in [5.74, 6) is 0.270. The highest BCUT2D eigenvalue weighted by atomic mass is 32.2. The first-order valence-corrected chi connectivity index (χ1v) is 9.81. The summed E-state index contributed by atoms with van der Waals surface area (Å²) in [7, 11) is 0. The van der Waals surface area contributed by atoms with Gasteiger partial charge in [0.15, 0.2) is 0 Å². The van der Waals surface area contributed by atoms with Crippen LogP contribution in [0.25, 0.3) is 0 Å². The monoisotopic (exact) mass is 347 g/mol. The van der Waals surface area contributed by atoms with Crippen LogP contribution in [-0.4, -0.2) is 45.5 Å². The van der Waals surface area contributed by atoms with Crippen molar-refractivity contribution >= 4 is 23.6 Å². The molecule has 0 unspecified atom stereocenters. The molecule has 1 N–H and O–H groups in total. The molecule has 4 nitrogen and oxygen atoms in total. The first kappa shape index (κ1) is 17.3. The summed E-state index contributed by atoms with van der Waals surface area (Å²) >= 11 is 2.06. The van der Waals surface area contributed by atoms with Crippen LogP contribution in [0.3, 0.4) is 0 Å². The van der Waals surface area contributed by atoms with E-state index in [9.17, 15) is 14.7 Å². The zero-order chi connectivity index (χ0) is 17.0. The lowest BCUT2D eigenvalue weighted by molar-refractivity contribution is -0.131. The molecular formula is C19H25NO3S. The van der Waals surface area contributed by atoms with E-state index in [1.807, 2.05) is 17.0 Å². The average molecular weight is 347 g/mol. The third-order valence-corrected chi connectivity index (χ3v) is 6.76. The number of carbonyl (C=O) groups excluding carboxylic acids is 1. The molecule has 1 saturated heterocycles. The Morgan fingerprint density at radius 3 is 2.67 bits per heavy atom. The normalized spacial score (nSPS) is 20.1. The van der Waals surface area contributed by atoms with Crippen LogP contribution in [-0.2, 0) is 11.2 Å². The number of aromatic carboxylic acids is 1. The Hall–Kier alpha value is -1.49. The zero-order valence-corrected chi connectivity index (χ0v) is 14.8. The number of hydrogen-bond acceptors (Lipinski definition) is 3. The Labute approximate surface area is 147 Å². The van der Waals surface area contributed by atoms with E-state index in [0.29, 0.717) is 18.4 Å². The van der Waals surface area contributed by atoms with Crippen LogP contribution >= 0.6 is 11.8 Å². The molecule has 1 heterocycles. The predicted molar refractivity (Wildman–Crippen MR) is 96.6 cm³/mol. The number of thioether (sulfide) groups is 1. The first-order valence-electron chi connectivity index (χ1n) is 8.83. The number of nitrogens with zero attached hydrogens (tertiary/aromatic N) is 1. The Balaban J connectivity index is 1.60. The fourth-order valence-corrected chi connectivity index (χ4v) is 5.47. The molecule has 0 radical (unpaired) electrons. The van der Waals surface area contributed by atoms with Crippen LogP contribution in [0.1, 0.15) is 54.4 Å². The molecule has 1 aliphatic heterocycles. The van der Waals surface area contributed by atoms with Gasteiger partial charge in [-0.1, -0.05) is 37.5 Å². The van der Waals surface area contributed by atoms with Crippen molar-refractivity contribution in [3.05, 3.63) is 35.4 Å². The minimum atomic E-state index is -0.923. The molecule has 0 atom stereocenters. The molecule has 130 valence electrons. The van der Waals surface area contributed by atoms with Crippen molar-refractivity contribution in [2.24, 2.45) is 0 Å². The maximum absolute atomic E-state index is 12.6. The minimum Gasteiger partial charge on any atom is -0.478 e. The molecule has 24 heavy (non-hydrogen) atoms. The number of benzene rings is 1. The van der Waals surface area contributed by atoms with Crippen molar-refractivity contribution in [2.45, 2.75) is 49.7 Å². The van der Waals surface area contributed by atoms with Crippen LogP contribution in [0.5, 0.6) is 0 Å². The number of carbonyl (C=O) groups is 2. The molecule has 0 bridgehead atoms. The second-order valence-electron chi connectivity index (χ2n) is 6.87. The Kier molecular flexibility index (Phi) is 5.49. The summed E-state index contributed by atoms with van der Waals surface area (Å²) < 4.78 is 0.283. The molecule has 3 rings (SSSR count). The van der Waals surface area contributed by atoms with Gasteiger partial charge >= 0.3 is 5.97 Å². The second kappa shape index (κ2) is 7.60. The van der Waals surface area contributed by atoms with Crippen molar-refractivity contribution in [3.8, 4) is 0 Å². The first-order chi connectivity index (χ1) is 11.6. The molecule has 5 heteroatoms. The lowest BCUT2D eigenvalue weighted by atomic mass is 9.87. The highest BCUT2D eigenvalue weighted by Crippen LogP contribution is 2.42. The molecule has 1 aliphatic carbocycles. The summed E-state index contributed by atoms with van der Waals surface area (Å²) in [5.41, 5.74) is 1.06. The summed E-state index contributed by atoms with van der Waals surface area (Å²) in [6.45, 7) is 1.70. The van der Waals surface area contributed by atoms with Crippen molar-refractivity contribution < 1.29 is 14.7 Å². The van der Waals surface area contributed by atoms with Crippen LogP contribution in [0, 0.1) is 0 Å². The number of aryl methyl sites for hydroxylation is 1. The molecule has 1 aromatic carbocycles. The van der Waals surface area contributed by atoms with Crippen LogP contribution in [0.15, 0.2) is 24.3 Å². The fourth-order valence-electron chi connectivity index (χ4n) is 3.90. The van der Waals surface area contributed by atoms with E-state index >= 15 is 0 Å². The maximum Gasteiger partial charge on any atom is 0.335 e. The van der Waals surface area contributed by atoms with Gasteiger partial charge in [-0.25, -0.2) is 4.79 Å². The van der Waals surface area contributed by atoms with Crippen molar-refractivity contribution in [1.82, 2.24) is 4.90 Å². The smallest absolute Gasteiger partial charge is 0.335 e. The van der Waals surface area contributed by atoms with E-state index < -0.39 is 5.97 Å². The van der Waals surface area contributed by atoms with Gasteiger partial charge < -0.3 is 10.0 Å². The second-order valence-corrected chi connectivity index (χ2v) is 8.43. The number of carboxylic acid groups (broad SMARTS) is 1. The van der Waals surface area contributed by atoms with Gasteiger partial charge in [0.1, 0.15) is 0 Å². The molecule has 2 fully saturated rings. The molecule has 1 aromatic rings. The van der Waals surface area contributed by atoms with E-state index in [4.69, 9.17) is 0 Å². The zero-order valence-electron chi connectivity index (χ0n) is 14.0. The summed E-state index contributed by atoms with van der Waals surface area (Å²) in [6, 6.07) is 6.98. The van der Waals surface area contributed by atoms with E-state index in [2.05, 4.69) is 11.8 Å². The van der Waals surface area contributed by atoms with E-state index in [1.54, 1.807) is 12.1 Å². The topological polar surface area (TPSA) is 57.6 Å². The third kappa shape index (κ3) is 3.94. The summed E-state index contributed by atoms with van der Waals surface area (Å²) in [5, 5.41) is 9.25. The number of hydrogen-bond donors (Lipinski definition) is 1. The highest BCUT2D eigenvalue weighted by molar-refractivity contribution is 8.00. The van der Waals surface area contributed by atoms with Gasteiger partial charge in [0.05, 0.1) is 5.56 Å². The van der Waals surface area contributed by atoms with E-state index in [0.717, 1.165) is 24.4 Å². The molecule has 1 saturated carbocycles. The van der Waals surface area contributed by atoms with E-state index in [1.165, 1.54) is 32.1 Å². The molecule has 2 aliphatic rings. The van der Waals surface area contributed by atoms with Gasteiger partial charge in [0.25, 0.3) is 0 Å². The number of carboxylic acids is 1. The molecule has 1 spiro atoms. The van der Waals surface area contributed by atoms with Gasteiger partial charge in [-0.15, -0.1) is 0 Å². The van der Waals surface area contributed by atoms with E-state index in [-0.39, 0.29) is 10.7 Å². The average Bonchev–Trinajstić information content (AvgIpc) is 2.60. The van der Waals surface area contributed by atoms with Crippen LogP contribution in [0.4, 0.5) is 0 Å². The number of rotatable bonds is 4. The summed E-state index contributed by atoms with van der Waals surface area (Å²) in [4.78, 5) is 25.9. The Bertz CT molecular complexity index is 605. The van der Waals surface area contributed by atoms with Crippen molar-refractivity contribution in [3.63, 3.8) is 0 Å². The van der Waals surface area contributed by atoms with Crippen LogP contribution < -0.4 is 0 Å². The predicted octanol–water partition coefficient (Wildman–Crippen LogP) is 3.60. The SMILES string of the molecule is O=C(O)c1ccccc1CCC(=O)N1CCSC2(CCCCC2)C1. The van der Waals surface area contributed by atoms with Crippen molar-refractivity contribution in [2.75, 3.05) is 18.8 Å². The minimum absolute atomic E-state index is 0.167. The highest BCUT2D eigenvalue weighted by Gasteiger charge is 2.38. The van der Waals surface area contributed by atoms with Gasteiger partial charge in [-0.05, 0) is 30.9 Å². The molecule has 1 amide bonds. The lowest BCUT2D eigenvalue weighted by Gasteiger charge is -2.44. The third-order valence-electron chi connectivity index (χ3n) is 5.22. The van der Waals surface area contributed by atoms with Crippen LogP contribution in [0.2, 0.25) is 0 Å². The summed E-state index contributed by atoms with van der Waals surface area (Å²) in [6.07, 6.45) is 7.22. The molecule has 0 aromatic heterocycles. The van der Waals surface area contributed by atoms with Gasteiger partial charge in [0, 0.05) is 30.0 Å². The van der Waals surface area contributed by atoms with Gasteiger partial charge in [0.2, 0.25) is 5.91 Å². The van der Waals surface area contributed by atoms with Gasteiger partial charge in [-0.2, -0.15) is 11.8 Å². The quantitative estimate of drug-likeness (QED) is 0.904. The maximum atomic E-state index is 12.6. The number of amides is 1.